The fourth-order valence-corrected chi connectivity index (χ4v) is 5.68. The number of benzene rings is 2. The predicted molar refractivity (Wildman–Crippen MR) is 131 cm³/mol. The normalized spacial score (nSPS) is 21.1. The van der Waals surface area contributed by atoms with Crippen LogP contribution >= 0.6 is 0 Å². The monoisotopic (exact) mass is 459 g/mol. The van der Waals surface area contributed by atoms with Crippen molar-refractivity contribution in [2.45, 2.75) is 46.1 Å². The van der Waals surface area contributed by atoms with E-state index in [1.54, 1.807) is 4.90 Å². The first kappa shape index (κ1) is 22.6. The summed E-state index contributed by atoms with van der Waals surface area (Å²) < 4.78 is 0. The first-order valence-corrected chi connectivity index (χ1v) is 12.4. The molecule has 0 saturated carbocycles. The third kappa shape index (κ3) is 4.22. The standard InChI is InChI=1S/C28H33N3O3/c1-19-6-5-9-25(20(19)2)31-18-24(16-26(31)32)28(34)29-13-11-22(12-14-29)27(33)30-15-10-21-7-3-4-8-23(21)17-30/h3-9,22,24H,10-18H2,1-2H3/t24-/m1/s1. The number of piperidine rings is 1. The molecule has 2 saturated heterocycles. The lowest BCUT2D eigenvalue weighted by Crippen LogP contribution is -2.47. The Balaban J connectivity index is 1.17. The van der Waals surface area contributed by atoms with E-state index < -0.39 is 0 Å². The lowest BCUT2D eigenvalue weighted by molar-refractivity contribution is -0.143. The Hall–Kier alpha value is -3.15. The van der Waals surface area contributed by atoms with Crippen molar-refractivity contribution in [2.75, 3.05) is 31.1 Å². The minimum atomic E-state index is -0.307. The largest absolute Gasteiger partial charge is 0.342 e. The Labute approximate surface area is 201 Å². The minimum absolute atomic E-state index is 0.0162. The van der Waals surface area contributed by atoms with Crippen LogP contribution < -0.4 is 4.90 Å². The van der Waals surface area contributed by atoms with Gasteiger partial charge in [0, 0.05) is 50.7 Å². The SMILES string of the molecule is Cc1cccc(N2C[C@H](C(=O)N3CCC(C(=O)N4CCc5ccccc5C4)CC3)CC2=O)c1C. The molecule has 6 nitrogen and oxygen atoms in total. The maximum Gasteiger partial charge on any atom is 0.228 e. The molecule has 6 heteroatoms. The molecule has 0 N–H and O–H groups in total. The first-order chi connectivity index (χ1) is 16.4. The molecule has 2 aromatic carbocycles. The third-order valence-electron chi connectivity index (χ3n) is 7.94. The van der Waals surface area contributed by atoms with E-state index in [0.29, 0.717) is 39.0 Å². The van der Waals surface area contributed by atoms with Gasteiger partial charge in [-0.2, -0.15) is 0 Å². The van der Waals surface area contributed by atoms with Crippen LogP contribution in [0.3, 0.4) is 0 Å². The van der Waals surface area contributed by atoms with Gasteiger partial charge in [0.1, 0.15) is 0 Å². The van der Waals surface area contributed by atoms with Crippen LogP contribution in [0.5, 0.6) is 0 Å². The zero-order valence-corrected chi connectivity index (χ0v) is 20.1. The second-order valence-electron chi connectivity index (χ2n) is 10.0. The highest BCUT2D eigenvalue weighted by molar-refractivity contribution is 6.01. The van der Waals surface area contributed by atoms with Crippen LogP contribution in [0.25, 0.3) is 0 Å². The molecule has 178 valence electrons. The number of amides is 3. The van der Waals surface area contributed by atoms with Crippen molar-refractivity contribution in [3.63, 3.8) is 0 Å². The van der Waals surface area contributed by atoms with Gasteiger partial charge in [0.05, 0.1) is 5.92 Å². The van der Waals surface area contributed by atoms with Crippen molar-refractivity contribution >= 4 is 23.4 Å². The second-order valence-corrected chi connectivity index (χ2v) is 10.0. The van der Waals surface area contributed by atoms with Crippen LogP contribution in [-0.2, 0) is 27.3 Å². The van der Waals surface area contributed by atoms with E-state index in [4.69, 9.17) is 0 Å². The average molecular weight is 460 g/mol. The molecule has 0 radical (unpaired) electrons. The van der Waals surface area contributed by atoms with Crippen molar-refractivity contribution < 1.29 is 14.4 Å². The van der Waals surface area contributed by atoms with Crippen LogP contribution in [-0.4, -0.2) is 53.7 Å². The van der Waals surface area contributed by atoms with Crippen molar-refractivity contribution in [1.29, 1.82) is 0 Å². The van der Waals surface area contributed by atoms with Crippen molar-refractivity contribution in [3.05, 3.63) is 64.7 Å². The summed E-state index contributed by atoms with van der Waals surface area (Å²) in [6.07, 6.45) is 2.57. The highest BCUT2D eigenvalue weighted by atomic mass is 16.2. The highest BCUT2D eigenvalue weighted by Crippen LogP contribution is 2.31. The maximum absolute atomic E-state index is 13.2. The van der Waals surface area contributed by atoms with Crippen LogP contribution in [0.2, 0.25) is 0 Å². The molecule has 0 aromatic heterocycles. The van der Waals surface area contributed by atoms with Gasteiger partial charge in [-0.15, -0.1) is 0 Å². The Morgan fingerprint density at radius 1 is 0.824 bits per heavy atom. The quantitative estimate of drug-likeness (QED) is 0.706. The van der Waals surface area contributed by atoms with E-state index in [0.717, 1.165) is 29.8 Å². The molecule has 2 aromatic rings. The lowest BCUT2D eigenvalue weighted by Gasteiger charge is -2.36. The number of anilines is 1. The fourth-order valence-electron chi connectivity index (χ4n) is 5.68. The van der Waals surface area contributed by atoms with E-state index in [-0.39, 0.29) is 36.0 Å². The lowest BCUT2D eigenvalue weighted by atomic mass is 9.92. The molecule has 1 atom stereocenters. The van der Waals surface area contributed by atoms with Gasteiger partial charge in [-0.3, -0.25) is 14.4 Å². The van der Waals surface area contributed by atoms with Crippen LogP contribution in [0.4, 0.5) is 5.69 Å². The number of fused-ring (bicyclic) bond motifs is 1. The molecule has 3 amide bonds. The van der Waals surface area contributed by atoms with Gasteiger partial charge in [0.25, 0.3) is 0 Å². The van der Waals surface area contributed by atoms with Crippen LogP contribution in [0, 0.1) is 25.7 Å². The average Bonchev–Trinajstić information content (AvgIpc) is 3.25. The fraction of sp³-hybridized carbons (Fsp3) is 0.464. The van der Waals surface area contributed by atoms with E-state index in [2.05, 4.69) is 18.2 Å². The molecular weight excluding hydrogens is 426 g/mol. The van der Waals surface area contributed by atoms with Gasteiger partial charge in [-0.1, -0.05) is 36.4 Å². The summed E-state index contributed by atoms with van der Waals surface area (Å²) in [6, 6.07) is 14.3. The van der Waals surface area contributed by atoms with Gasteiger partial charge < -0.3 is 14.7 Å². The Morgan fingerprint density at radius 3 is 2.29 bits per heavy atom. The van der Waals surface area contributed by atoms with Gasteiger partial charge in [0.2, 0.25) is 17.7 Å². The van der Waals surface area contributed by atoms with Gasteiger partial charge in [0.15, 0.2) is 0 Å². The van der Waals surface area contributed by atoms with Gasteiger partial charge >= 0.3 is 0 Å². The Morgan fingerprint density at radius 2 is 1.53 bits per heavy atom. The van der Waals surface area contributed by atoms with Gasteiger partial charge in [-0.05, 0) is 61.4 Å². The molecule has 34 heavy (non-hydrogen) atoms. The summed E-state index contributed by atoms with van der Waals surface area (Å²) in [7, 11) is 0. The van der Waals surface area contributed by atoms with Gasteiger partial charge in [-0.25, -0.2) is 0 Å². The highest BCUT2D eigenvalue weighted by Gasteiger charge is 2.39. The van der Waals surface area contributed by atoms with Crippen LogP contribution in [0.1, 0.15) is 41.5 Å². The van der Waals surface area contributed by atoms with Crippen LogP contribution in [0.15, 0.2) is 42.5 Å². The van der Waals surface area contributed by atoms with E-state index in [9.17, 15) is 14.4 Å². The molecule has 0 aliphatic carbocycles. The number of carbonyl (C=O) groups is 3. The number of aryl methyl sites for hydroxylation is 1. The second kappa shape index (κ2) is 9.24. The summed E-state index contributed by atoms with van der Waals surface area (Å²) in [5.74, 6) is -0.0376. The number of carbonyl (C=O) groups excluding carboxylic acids is 3. The summed E-state index contributed by atoms with van der Waals surface area (Å²) in [5, 5.41) is 0. The topological polar surface area (TPSA) is 60.9 Å². The smallest absolute Gasteiger partial charge is 0.228 e. The van der Waals surface area contributed by atoms with Crippen molar-refractivity contribution in [3.8, 4) is 0 Å². The Bertz CT molecular complexity index is 1120. The van der Waals surface area contributed by atoms with E-state index in [1.165, 1.54) is 11.1 Å². The summed E-state index contributed by atoms with van der Waals surface area (Å²) in [4.78, 5) is 44.8. The Kier molecular flexibility index (Phi) is 6.15. The molecule has 3 aliphatic heterocycles. The maximum atomic E-state index is 13.2. The molecule has 0 spiro atoms. The van der Waals surface area contributed by atoms with E-state index >= 15 is 0 Å². The summed E-state index contributed by atoms with van der Waals surface area (Å²) in [6.45, 7) is 7.14. The number of likely N-dealkylation sites (tertiary alicyclic amines) is 1. The number of hydrogen-bond donors (Lipinski definition) is 0. The zero-order chi connectivity index (χ0) is 23.8. The molecular formula is C28H33N3O3. The minimum Gasteiger partial charge on any atom is -0.342 e. The number of rotatable bonds is 3. The van der Waals surface area contributed by atoms with Crippen molar-refractivity contribution in [2.24, 2.45) is 11.8 Å². The van der Waals surface area contributed by atoms with E-state index in [1.807, 2.05) is 47.9 Å². The third-order valence-corrected chi connectivity index (χ3v) is 7.94. The van der Waals surface area contributed by atoms with Crippen molar-refractivity contribution in [1.82, 2.24) is 9.80 Å². The summed E-state index contributed by atoms with van der Waals surface area (Å²) >= 11 is 0. The summed E-state index contributed by atoms with van der Waals surface area (Å²) in [5.41, 5.74) is 5.72. The zero-order valence-electron chi connectivity index (χ0n) is 20.1. The molecule has 5 rings (SSSR count). The molecule has 0 bridgehead atoms. The molecule has 3 aliphatic rings. The molecule has 3 heterocycles. The number of nitrogens with zero attached hydrogens (tertiary/aromatic N) is 3. The molecule has 0 unspecified atom stereocenters. The molecule has 2 fully saturated rings. The number of hydrogen-bond acceptors (Lipinski definition) is 3. The first-order valence-electron chi connectivity index (χ1n) is 12.4. The predicted octanol–water partition coefficient (Wildman–Crippen LogP) is 3.48.